The van der Waals surface area contributed by atoms with E-state index in [1.54, 1.807) is 4.90 Å². The van der Waals surface area contributed by atoms with E-state index in [0.717, 1.165) is 18.4 Å². The van der Waals surface area contributed by atoms with E-state index in [1.165, 1.54) is 0 Å². The molecular weight excluding hydrogens is 266 g/mol. The fourth-order valence-corrected chi connectivity index (χ4v) is 2.60. The normalized spacial score (nSPS) is 18.5. The van der Waals surface area contributed by atoms with Crippen LogP contribution in [-0.2, 0) is 11.3 Å². The molecule has 1 N–H and O–H groups in total. The number of nitrogens with one attached hydrogen (secondary N) is 1. The Balaban J connectivity index is 1.43. The van der Waals surface area contributed by atoms with Crippen molar-refractivity contribution in [3.8, 4) is 0 Å². The van der Waals surface area contributed by atoms with Gasteiger partial charge in [-0.25, -0.2) is 4.79 Å². The Labute approximate surface area is 124 Å². The Morgan fingerprint density at radius 3 is 2.24 bits per heavy atom. The second kappa shape index (κ2) is 6.16. The lowest BCUT2D eigenvalue weighted by molar-refractivity contribution is -0.133. The van der Waals surface area contributed by atoms with E-state index in [9.17, 15) is 9.59 Å². The summed E-state index contributed by atoms with van der Waals surface area (Å²) in [4.78, 5) is 27.8. The van der Waals surface area contributed by atoms with Gasteiger partial charge >= 0.3 is 6.03 Å². The predicted octanol–water partition coefficient (Wildman–Crippen LogP) is 1.45. The molecule has 1 aromatic rings. The number of benzene rings is 1. The molecule has 2 fully saturated rings. The zero-order valence-corrected chi connectivity index (χ0v) is 12.1. The SMILES string of the molecule is O=C(NCc1ccccc1)N1CCN(C(=O)C2CC2)CC1. The Hall–Kier alpha value is -2.04. The maximum Gasteiger partial charge on any atom is 0.317 e. The number of carbonyl (C=O) groups is 2. The molecule has 1 heterocycles. The largest absolute Gasteiger partial charge is 0.339 e. The Kier molecular flexibility index (Phi) is 4.08. The lowest BCUT2D eigenvalue weighted by Crippen LogP contribution is -2.53. The molecule has 1 aliphatic carbocycles. The van der Waals surface area contributed by atoms with Gasteiger partial charge in [-0.15, -0.1) is 0 Å². The van der Waals surface area contributed by atoms with Crippen molar-refractivity contribution in [2.75, 3.05) is 26.2 Å². The zero-order valence-electron chi connectivity index (χ0n) is 12.1. The summed E-state index contributed by atoms with van der Waals surface area (Å²) in [5.74, 6) is 0.544. The molecule has 0 spiro atoms. The Morgan fingerprint density at radius 2 is 1.62 bits per heavy atom. The Bertz CT molecular complexity index is 506. The molecule has 1 aromatic carbocycles. The summed E-state index contributed by atoms with van der Waals surface area (Å²) in [5.41, 5.74) is 1.09. The fraction of sp³-hybridized carbons (Fsp3) is 0.500. The minimum atomic E-state index is -0.0441. The van der Waals surface area contributed by atoms with E-state index in [2.05, 4.69) is 5.32 Å². The van der Waals surface area contributed by atoms with Gasteiger partial charge in [-0.3, -0.25) is 4.79 Å². The highest BCUT2D eigenvalue weighted by Crippen LogP contribution is 2.31. The molecule has 2 aliphatic rings. The first-order valence-corrected chi connectivity index (χ1v) is 7.59. The van der Waals surface area contributed by atoms with Gasteiger partial charge in [0.2, 0.25) is 5.91 Å². The number of carbonyl (C=O) groups excluding carboxylic acids is 2. The molecule has 0 atom stereocenters. The van der Waals surface area contributed by atoms with E-state index >= 15 is 0 Å². The minimum absolute atomic E-state index is 0.0441. The summed E-state index contributed by atoms with van der Waals surface area (Å²) in [6, 6.07) is 9.82. The van der Waals surface area contributed by atoms with Crippen LogP contribution in [0, 0.1) is 5.92 Å². The van der Waals surface area contributed by atoms with Crippen LogP contribution in [0.5, 0.6) is 0 Å². The van der Waals surface area contributed by atoms with Crippen LogP contribution in [0.3, 0.4) is 0 Å². The smallest absolute Gasteiger partial charge is 0.317 e. The number of piperazine rings is 1. The van der Waals surface area contributed by atoms with Gasteiger partial charge in [-0.1, -0.05) is 30.3 Å². The standard InChI is InChI=1S/C16H21N3O2/c20-15(14-6-7-14)18-8-10-19(11-9-18)16(21)17-12-13-4-2-1-3-5-13/h1-5,14H,6-12H2,(H,17,21). The first kappa shape index (κ1) is 13.9. The van der Waals surface area contributed by atoms with Crippen LogP contribution >= 0.6 is 0 Å². The average molecular weight is 287 g/mol. The molecule has 1 saturated heterocycles. The number of nitrogens with zero attached hydrogens (tertiary/aromatic N) is 2. The summed E-state index contributed by atoms with van der Waals surface area (Å²) in [6.07, 6.45) is 2.08. The van der Waals surface area contributed by atoms with Crippen LogP contribution in [0.15, 0.2) is 30.3 Å². The molecular formula is C16H21N3O2. The van der Waals surface area contributed by atoms with Gasteiger partial charge in [-0.05, 0) is 18.4 Å². The topological polar surface area (TPSA) is 52.7 Å². The molecule has 1 saturated carbocycles. The number of urea groups is 1. The summed E-state index contributed by atoms with van der Waals surface area (Å²) in [6.45, 7) is 3.11. The Morgan fingerprint density at radius 1 is 1.00 bits per heavy atom. The molecule has 1 aliphatic heterocycles. The average Bonchev–Trinajstić information content (AvgIpc) is 3.38. The van der Waals surface area contributed by atoms with Crippen molar-refractivity contribution >= 4 is 11.9 Å². The maximum absolute atomic E-state index is 12.1. The molecule has 21 heavy (non-hydrogen) atoms. The van der Waals surface area contributed by atoms with Crippen LogP contribution < -0.4 is 5.32 Å². The molecule has 0 aromatic heterocycles. The van der Waals surface area contributed by atoms with Crippen molar-refractivity contribution in [2.45, 2.75) is 19.4 Å². The van der Waals surface area contributed by atoms with Gasteiger partial charge in [0.05, 0.1) is 0 Å². The molecule has 0 radical (unpaired) electrons. The molecule has 0 unspecified atom stereocenters. The van der Waals surface area contributed by atoms with Crippen molar-refractivity contribution < 1.29 is 9.59 Å². The highest BCUT2D eigenvalue weighted by atomic mass is 16.2. The highest BCUT2D eigenvalue weighted by Gasteiger charge is 2.35. The summed E-state index contributed by atoms with van der Waals surface area (Å²) in [5, 5.41) is 2.93. The lowest BCUT2D eigenvalue weighted by Gasteiger charge is -2.34. The van der Waals surface area contributed by atoms with Gasteiger partial charge in [-0.2, -0.15) is 0 Å². The third kappa shape index (κ3) is 3.54. The lowest BCUT2D eigenvalue weighted by atomic mass is 10.2. The molecule has 112 valence electrons. The third-order valence-corrected chi connectivity index (χ3v) is 4.09. The molecule has 0 bridgehead atoms. The van der Waals surface area contributed by atoms with Gasteiger partial charge in [0.1, 0.15) is 0 Å². The number of hydrogen-bond donors (Lipinski definition) is 1. The van der Waals surface area contributed by atoms with Gasteiger partial charge in [0, 0.05) is 38.6 Å². The second-order valence-electron chi connectivity index (χ2n) is 5.73. The first-order valence-electron chi connectivity index (χ1n) is 7.59. The van der Waals surface area contributed by atoms with E-state index in [0.29, 0.717) is 32.7 Å². The predicted molar refractivity (Wildman–Crippen MR) is 79.6 cm³/mol. The highest BCUT2D eigenvalue weighted by molar-refractivity contribution is 5.81. The molecule has 5 heteroatoms. The fourth-order valence-electron chi connectivity index (χ4n) is 2.60. The minimum Gasteiger partial charge on any atom is -0.339 e. The summed E-state index contributed by atoms with van der Waals surface area (Å²) < 4.78 is 0. The third-order valence-electron chi connectivity index (χ3n) is 4.09. The molecule has 5 nitrogen and oxygen atoms in total. The van der Waals surface area contributed by atoms with E-state index in [-0.39, 0.29) is 17.9 Å². The van der Waals surface area contributed by atoms with Crippen molar-refractivity contribution in [2.24, 2.45) is 5.92 Å². The van der Waals surface area contributed by atoms with Crippen molar-refractivity contribution in [3.05, 3.63) is 35.9 Å². The molecule has 3 rings (SSSR count). The van der Waals surface area contributed by atoms with Gasteiger partial charge < -0.3 is 15.1 Å². The summed E-state index contributed by atoms with van der Waals surface area (Å²) >= 11 is 0. The van der Waals surface area contributed by atoms with Crippen LogP contribution in [0.1, 0.15) is 18.4 Å². The van der Waals surface area contributed by atoms with E-state index < -0.39 is 0 Å². The quantitative estimate of drug-likeness (QED) is 0.915. The number of rotatable bonds is 3. The first-order chi connectivity index (χ1) is 10.2. The second-order valence-corrected chi connectivity index (χ2v) is 5.73. The van der Waals surface area contributed by atoms with Crippen LogP contribution in [0.25, 0.3) is 0 Å². The van der Waals surface area contributed by atoms with Crippen molar-refractivity contribution in [1.82, 2.24) is 15.1 Å². The van der Waals surface area contributed by atoms with Crippen LogP contribution in [-0.4, -0.2) is 47.9 Å². The van der Waals surface area contributed by atoms with Crippen LogP contribution in [0.4, 0.5) is 4.79 Å². The monoisotopic (exact) mass is 287 g/mol. The maximum atomic E-state index is 12.1. The van der Waals surface area contributed by atoms with Crippen LogP contribution in [0.2, 0.25) is 0 Å². The number of amides is 3. The molecule has 3 amide bonds. The van der Waals surface area contributed by atoms with E-state index in [1.807, 2.05) is 35.2 Å². The van der Waals surface area contributed by atoms with Gasteiger partial charge in [0.15, 0.2) is 0 Å². The van der Waals surface area contributed by atoms with Gasteiger partial charge in [0.25, 0.3) is 0 Å². The zero-order chi connectivity index (χ0) is 14.7. The van der Waals surface area contributed by atoms with Crippen molar-refractivity contribution in [1.29, 1.82) is 0 Å². The summed E-state index contributed by atoms with van der Waals surface area (Å²) in [7, 11) is 0. The number of hydrogen-bond acceptors (Lipinski definition) is 2. The van der Waals surface area contributed by atoms with Crippen molar-refractivity contribution in [3.63, 3.8) is 0 Å². The van der Waals surface area contributed by atoms with E-state index in [4.69, 9.17) is 0 Å².